The zero-order valence-electron chi connectivity index (χ0n) is 10.2. The molecule has 0 aromatic heterocycles. The maximum Gasteiger partial charge on any atom is 0.243 e. The molecule has 1 atom stereocenters. The van der Waals surface area contributed by atoms with Crippen LogP contribution >= 0.6 is 0 Å². The van der Waals surface area contributed by atoms with Crippen LogP contribution in [0.25, 0.3) is 0 Å². The van der Waals surface area contributed by atoms with E-state index < -0.39 is 10.0 Å². The minimum Gasteiger partial charge on any atom is -0.314 e. The summed E-state index contributed by atoms with van der Waals surface area (Å²) in [4.78, 5) is 0.395. The molecule has 0 saturated carbocycles. The van der Waals surface area contributed by atoms with Crippen LogP contribution in [0.4, 0.5) is 0 Å². The third-order valence-electron chi connectivity index (χ3n) is 3.04. The Morgan fingerprint density at radius 1 is 1.41 bits per heavy atom. The smallest absolute Gasteiger partial charge is 0.243 e. The Labute approximate surface area is 103 Å². The highest BCUT2D eigenvalue weighted by Crippen LogP contribution is 2.19. The number of nitrogens with one attached hydrogen (secondary N) is 1. The highest BCUT2D eigenvalue weighted by atomic mass is 32.2. The lowest BCUT2D eigenvalue weighted by molar-refractivity contribution is 0.284. The summed E-state index contributed by atoms with van der Waals surface area (Å²) in [6.07, 6.45) is 0. The number of benzene rings is 1. The van der Waals surface area contributed by atoms with Crippen molar-refractivity contribution in [2.45, 2.75) is 24.8 Å². The SMILES string of the molecule is Cc1cccc(S(=O)(=O)N2CCNC[C@@H]2C)c1. The summed E-state index contributed by atoms with van der Waals surface area (Å²) >= 11 is 0. The van der Waals surface area contributed by atoms with Gasteiger partial charge in [0.25, 0.3) is 0 Å². The molecule has 4 nitrogen and oxygen atoms in total. The number of hydrogen-bond acceptors (Lipinski definition) is 3. The molecule has 1 saturated heterocycles. The minimum atomic E-state index is -3.34. The first-order chi connectivity index (χ1) is 8.01. The van der Waals surface area contributed by atoms with Gasteiger partial charge in [-0.1, -0.05) is 12.1 Å². The van der Waals surface area contributed by atoms with Crippen LogP contribution in [0, 0.1) is 6.92 Å². The van der Waals surface area contributed by atoms with Gasteiger partial charge in [0.05, 0.1) is 4.90 Å². The molecule has 0 bridgehead atoms. The quantitative estimate of drug-likeness (QED) is 0.856. The van der Waals surface area contributed by atoms with Crippen molar-refractivity contribution in [1.82, 2.24) is 9.62 Å². The Hall–Kier alpha value is -0.910. The molecule has 1 aliphatic rings. The van der Waals surface area contributed by atoms with Gasteiger partial charge in [0.1, 0.15) is 0 Å². The van der Waals surface area contributed by atoms with Crippen LogP contribution < -0.4 is 5.32 Å². The van der Waals surface area contributed by atoms with Crippen LogP contribution in [0.15, 0.2) is 29.2 Å². The third kappa shape index (κ3) is 2.51. The summed E-state index contributed by atoms with van der Waals surface area (Å²) in [5, 5.41) is 3.19. The number of piperazine rings is 1. The van der Waals surface area contributed by atoms with Crippen molar-refractivity contribution >= 4 is 10.0 Å². The molecular weight excluding hydrogens is 236 g/mol. The number of aryl methyl sites for hydroxylation is 1. The summed E-state index contributed by atoms with van der Waals surface area (Å²) in [5.74, 6) is 0. The number of rotatable bonds is 2. The zero-order chi connectivity index (χ0) is 12.5. The monoisotopic (exact) mass is 254 g/mol. The topological polar surface area (TPSA) is 49.4 Å². The number of nitrogens with zero attached hydrogens (tertiary/aromatic N) is 1. The molecule has 0 spiro atoms. The molecule has 17 heavy (non-hydrogen) atoms. The van der Waals surface area contributed by atoms with Crippen molar-refractivity contribution in [3.63, 3.8) is 0 Å². The van der Waals surface area contributed by atoms with Crippen molar-refractivity contribution in [2.24, 2.45) is 0 Å². The summed E-state index contributed by atoms with van der Waals surface area (Å²) in [6, 6.07) is 7.09. The Morgan fingerprint density at radius 2 is 2.18 bits per heavy atom. The average Bonchev–Trinajstić information content (AvgIpc) is 2.29. The number of sulfonamides is 1. The minimum absolute atomic E-state index is 0.00858. The Morgan fingerprint density at radius 3 is 2.82 bits per heavy atom. The van der Waals surface area contributed by atoms with E-state index in [0.717, 1.165) is 12.1 Å². The first-order valence-corrected chi connectivity index (χ1v) is 7.25. The van der Waals surface area contributed by atoms with E-state index in [4.69, 9.17) is 0 Å². The third-order valence-corrected chi connectivity index (χ3v) is 5.05. The van der Waals surface area contributed by atoms with E-state index in [1.807, 2.05) is 19.9 Å². The Balaban J connectivity index is 2.35. The fourth-order valence-corrected chi connectivity index (χ4v) is 3.83. The second kappa shape index (κ2) is 4.76. The van der Waals surface area contributed by atoms with Gasteiger partial charge in [-0.3, -0.25) is 0 Å². The van der Waals surface area contributed by atoms with Crippen molar-refractivity contribution < 1.29 is 8.42 Å². The predicted octanol–water partition coefficient (Wildman–Crippen LogP) is 0.977. The van der Waals surface area contributed by atoms with Crippen molar-refractivity contribution in [2.75, 3.05) is 19.6 Å². The first kappa shape index (κ1) is 12.5. The van der Waals surface area contributed by atoms with Gasteiger partial charge in [0, 0.05) is 25.7 Å². The molecule has 0 amide bonds. The van der Waals surface area contributed by atoms with E-state index in [1.54, 1.807) is 22.5 Å². The largest absolute Gasteiger partial charge is 0.314 e. The molecular formula is C12H18N2O2S. The molecule has 1 aromatic carbocycles. The average molecular weight is 254 g/mol. The lowest BCUT2D eigenvalue weighted by Gasteiger charge is -2.32. The molecule has 0 unspecified atom stereocenters. The lowest BCUT2D eigenvalue weighted by Crippen LogP contribution is -2.52. The maximum absolute atomic E-state index is 12.4. The normalized spacial score (nSPS) is 22.6. The van der Waals surface area contributed by atoms with E-state index in [-0.39, 0.29) is 6.04 Å². The maximum atomic E-state index is 12.4. The van der Waals surface area contributed by atoms with E-state index in [2.05, 4.69) is 5.32 Å². The van der Waals surface area contributed by atoms with E-state index >= 15 is 0 Å². The van der Waals surface area contributed by atoms with E-state index in [0.29, 0.717) is 18.0 Å². The van der Waals surface area contributed by atoms with Gasteiger partial charge < -0.3 is 5.32 Å². The predicted molar refractivity (Wildman–Crippen MR) is 67.4 cm³/mol. The van der Waals surface area contributed by atoms with Crippen molar-refractivity contribution in [3.8, 4) is 0 Å². The van der Waals surface area contributed by atoms with Crippen molar-refractivity contribution in [1.29, 1.82) is 0 Å². The van der Waals surface area contributed by atoms with Crippen LogP contribution in [0.1, 0.15) is 12.5 Å². The van der Waals surface area contributed by atoms with Gasteiger partial charge in [-0.05, 0) is 31.5 Å². The first-order valence-electron chi connectivity index (χ1n) is 5.81. The van der Waals surface area contributed by atoms with Gasteiger partial charge in [0.2, 0.25) is 10.0 Å². The standard InChI is InChI=1S/C12H18N2O2S/c1-10-4-3-5-12(8-10)17(15,16)14-7-6-13-9-11(14)2/h3-5,8,11,13H,6-7,9H2,1-2H3/t11-/m0/s1. The van der Waals surface area contributed by atoms with Crippen LogP contribution in [0.3, 0.4) is 0 Å². The summed E-state index contributed by atoms with van der Waals surface area (Å²) in [7, 11) is -3.34. The summed E-state index contributed by atoms with van der Waals surface area (Å²) in [5.41, 5.74) is 0.967. The van der Waals surface area contributed by atoms with Gasteiger partial charge in [-0.15, -0.1) is 0 Å². The summed E-state index contributed by atoms with van der Waals surface area (Å²) in [6.45, 7) is 5.80. The van der Waals surface area contributed by atoms with E-state index in [1.165, 1.54) is 0 Å². The highest BCUT2D eigenvalue weighted by molar-refractivity contribution is 7.89. The van der Waals surface area contributed by atoms with Crippen LogP contribution in [0.2, 0.25) is 0 Å². The fraction of sp³-hybridized carbons (Fsp3) is 0.500. The molecule has 94 valence electrons. The molecule has 0 aliphatic carbocycles. The lowest BCUT2D eigenvalue weighted by atomic mass is 10.2. The Kier molecular flexibility index (Phi) is 3.51. The highest BCUT2D eigenvalue weighted by Gasteiger charge is 2.30. The van der Waals surface area contributed by atoms with Crippen LogP contribution in [0.5, 0.6) is 0 Å². The molecule has 2 rings (SSSR count). The molecule has 1 N–H and O–H groups in total. The fourth-order valence-electron chi connectivity index (χ4n) is 2.09. The molecule has 1 heterocycles. The van der Waals surface area contributed by atoms with Gasteiger partial charge in [-0.25, -0.2) is 8.42 Å². The molecule has 1 aliphatic heterocycles. The molecule has 1 fully saturated rings. The zero-order valence-corrected chi connectivity index (χ0v) is 11.0. The molecule has 5 heteroatoms. The summed E-state index contributed by atoms with van der Waals surface area (Å²) < 4.78 is 26.5. The van der Waals surface area contributed by atoms with Crippen molar-refractivity contribution in [3.05, 3.63) is 29.8 Å². The second-order valence-electron chi connectivity index (χ2n) is 4.49. The molecule has 1 aromatic rings. The van der Waals surface area contributed by atoms with Gasteiger partial charge in [0.15, 0.2) is 0 Å². The van der Waals surface area contributed by atoms with Crippen LogP contribution in [-0.4, -0.2) is 38.4 Å². The van der Waals surface area contributed by atoms with Crippen LogP contribution in [-0.2, 0) is 10.0 Å². The Bertz CT molecular complexity index is 499. The van der Waals surface area contributed by atoms with Gasteiger partial charge >= 0.3 is 0 Å². The number of hydrogen-bond donors (Lipinski definition) is 1. The second-order valence-corrected chi connectivity index (χ2v) is 6.38. The van der Waals surface area contributed by atoms with E-state index in [9.17, 15) is 8.42 Å². The van der Waals surface area contributed by atoms with Gasteiger partial charge in [-0.2, -0.15) is 4.31 Å². The molecule has 0 radical (unpaired) electrons.